The third kappa shape index (κ3) is 5.45. The standard InChI is InChI=1S/C22H28N2O2/c1-4-17-12-14-19(15-13-17)24-21(26)22(2,3)20(25)23-16-8-11-18-9-6-5-7-10-18/h5-7,9-10,12-15H,4,8,11,16H2,1-3H3,(H,23,25)(H,24,26). The number of carbonyl (C=O) groups is 2. The monoisotopic (exact) mass is 352 g/mol. The van der Waals surface area contributed by atoms with E-state index in [0.29, 0.717) is 12.2 Å². The molecule has 0 spiro atoms. The molecule has 2 aromatic carbocycles. The van der Waals surface area contributed by atoms with Crippen LogP contribution in [-0.4, -0.2) is 18.4 Å². The van der Waals surface area contributed by atoms with Crippen molar-refractivity contribution >= 4 is 17.5 Å². The van der Waals surface area contributed by atoms with Gasteiger partial charge in [0.15, 0.2) is 0 Å². The molecule has 0 heterocycles. The van der Waals surface area contributed by atoms with E-state index < -0.39 is 5.41 Å². The smallest absolute Gasteiger partial charge is 0.239 e. The minimum absolute atomic E-state index is 0.256. The molecule has 0 atom stereocenters. The first kappa shape index (κ1) is 19.7. The summed E-state index contributed by atoms with van der Waals surface area (Å²) in [6, 6.07) is 17.8. The summed E-state index contributed by atoms with van der Waals surface area (Å²) >= 11 is 0. The van der Waals surface area contributed by atoms with Gasteiger partial charge in [-0.05, 0) is 56.4 Å². The van der Waals surface area contributed by atoms with Gasteiger partial charge in [-0.25, -0.2) is 0 Å². The van der Waals surface area contributed by atoms with Gasteiger partial charge in [0.05, 0.1) is 0 Å². The SMILES string of the molecule is CCc1ccc(NC(=O)C(C)(C)C(=O)NCCCc2ccccc2)cc1. The zero-order valence-electron chi connectivity index (χ0n) is 15.8. The molecule has 0 aliphatic heterocycles. The third-order valence-corrected chi connectivity index (χ3v) is 4.53. The van der Waals surface area contributed by atoms with Gasteiger partial charge in [-0.2, -0.15) is 0 Å². The summed E-state index contributed by atoms with van der Waals surface area (Å²) in [4.78, 5) is 24.9. The Morgan fingerprint density at radius 1 is 0.885 bits per heavy atom. The fraction of sp³-hybridized carbons (Fsp3) is 0.364. The summed E-state index contributed by atoms with van der Waals surface area (Å²) < 4.78 is 0. The summed E-state index contributed by atoms with van der Waals surface area (Å²) in [5.41, 5.74) is 2.03. The minimum Gasteiger partial charge on any atom is -0.355 e. The van der Waals surface area contributed by atoms with Gasteiger partial charge < -0.3 is 10.6 Å². The second-order valence-corrected chi connectivity index (χ2v) is 6.97. The zero-order valence-corrected chi connectivity index (χ0v) is 15.8. The first-order valence-corrected chi connectivity index (χ1v) is 9.16. The molecular formula is C22H28N2O2. The lowest BCUT2D eigenvalue weighted by Gasteiger charge is -2.22. The van der Waals surface area contributed by atoms with Crippen LogP contribution in [0.25, 0.3) is 0 Å². The van der Waals surface area contributed by atoms with Gasteiger partial charge in [0, 0.05) is 12.2 Å². The van der Waals surface area contributed by atoms with Crippen molar-refractivity contribution in [1.82, 2.24) is 5.32 Å². The van der Waals surface area contributed by atoms with Crippen LogP contribution in [0.4, 0.5) is 5.69 Å². The molecule has 0 aromatic heterocycles. The zero-order chi connectivity index (χ0) is 19.0. The Bertz CT molecular complexity index is 722. The van der Waals surface area contributed by atoms with Crippen molar-refractivity contribution in [3.8, 4) is 0 Å². The number of aryl methyl sites for hydroxylation is 2. The van der Waals surface area contributed by atoms with Crippen LogP contribution in [0.5, 0.6) is 0 Å². The lowest BCUT2D eigenvalue weighted by molar-refractivity contribution is -0.138. The van der Waals surface area contributed by atoms with Gasteiger partial charge in [-0.3, -0.25) is 9.59 Å². The Kier molecular flexibility index (Phi) is 6.96. The largest absolute Gasteiger partial charge is 0.355 e. The van der Waals surface area contributed by atoms with Crippen molar-refractivity contribution < 1.29 is 9.59 Å². The van der Waals surface area contributed by atoms with Crippen LogP contribution in [0.1, 0.15) is 38.3 Å². The number of nitrogens with one attached hydrogen (secondary N) is 2. The van der Waals surface area contributed by atoms with Crippen molar-refractivity contribution in [2.75, 3.05) is 11.9 Å². The number of anilines is 1. The van der Waals surface area contributed by atoms with Crippen LogP contribution in [0.2, 0.25) is 0 Å². The second kappa shape index (κ2) is 9.18. The van der Waals surface area contributed by atoms with Crippen LogP contribution in [0.3, 0.4) is 0 Å². The normalized spacial score (nSPS) is 11.0. The Morgan fingerprint density at radius 2 is 1.54 bits per heavy atom. The topological polar surface area (TPSA) is 58.2 Å². The Labute approximate surface area is 156 Å². The average molecular weight is 352 g/mol. The van der Waals surface area contributed by atoms with E-state index >= 15 is 0 Å². The van der Waals surface area contributed by atoms with Crippen molar-refractivity contribution in [2.45, 2.75) is 40.0 Å². The summed E-state index contributed by atoms with van der Waals surface area (Å²) in [5.74, 6) is -0.560. The molecule has 138 valence electrons. The number of rotatable bonds is 8. The Hall–Kier alpha value is -2.62. The molecule has 4 heteroatoms. The van der Waals surface area contributed by atoms with Gasteiger partial charge >= 0.3 is 0 Å². The molecule has 0 saturated heterocycles. The highest BCUT2D eigenvalue weighted by atomic mass is 16.2. The third-order valence-electron chi connectivity index (χ3n) is 4.53. The molecule has 26 heavy (non-hydrogen) atoms. The van der Waals surface area contributed by atoms with Crippen LogP contribution < -0.4 is 10.6 Å². The molecule has 0 unspecified atom stereocenters. The maximum Gasteiger partial charge on any atom is 0.239 e. The van der Waals surface area contributed by atoms with E-state index in [9.17, 15) is 9.59 Å². The minimum atomic E-state index is -1.13. The molecule has 0 aliphatic rings. The van der Waals surface area contributed by atoms with E-state index in [1.54, 1.807) is 13.8 Å². The molecule has 0 radical (unpaired) electrons. The Balaban J connectivity index is 1.82. The lowest BCUT2D eigenvalue weighted by atomic mass is 9.90. The number of benzene rings is 2. The molecular weight excluding hydrogens is 324 g/mol. The van der Waals surface area contributed by atoms with Crippen LogP contribution in [-0.2, 0) is 22.4 Å². The van der Waals surface area contributed by atoms with Gasteiger partial charge in [-0.15, -0.1) is 0 Å². The summed E-state index contributed by atoms with van der Waals surface area (Å²) in [5, 5.41) is 5.71. The summed E-state index contributed by atoms with van der Waals surface area (Å²) in [6.45, 7) is 5.93. The molecule has 0 saturated carbocycles. The fourth-order valence-electron chi connectivity index (χ4n) is 2.57. The molecule has 2 aromatic rings. The number of amides is 2. The number of hydrogen-bond acceptors (Lipinski definition) is 2. The molecule has 2 N–H and O–H groups in total. The second-order valence-electron chi connectivity index (χ2n) is 6.97. The first-order chi connectivity index (χ1) is 12.4. The van der Waals surface area contributed by atoms with Crippen LogP contribution in [0, 0.1) is 5.41 Å². The molecule has 2 amide bonds. The van der Waals surface area contributed by atoms with Gasteiger partial charge in [0.2, 0.25) is 11.8 Å². The summed E-state index contributed by atoms with van der Waals surface area (Å²) in [7, 11) is 0. The lowest BCUT2D eigenvalue weighted by Crippen LogP contribution is -2.45. The van der Waals surface area contributed by atoms with E-state index in [-0.39, 0.29) is 11.8 Å². The van der Waals surface area contributed by atoms with Crippen LogP contribution >= 0.6 is 0 Å². The van der Waals surface area contributed by atoms with E-state index in [0.717, 1.165) is 19.3 Å². The number of carbonyl (C=O) groups excluding carboxylic acids is 2. The van der Waals surface area contributed by atoms with Crippen molar-refractivity contribution in [2.24, 2.45) is 5.41 Å². The van der Waals surface area contributed by atoms with E-state index in [1.807, 2.05) is 42.5 Å². The van der Waals surface area contributed by atoms with Crippen molar-refractivity contribution in [1.29, 1.82) is 0 Å². The van der Waals surface area contributed by atoms with E-state index in [1.165, 1.54) is 11.1 Å². The van der Waals surface area contributed by atoms with Crippen LogP contribution in [0.15, 0.2) is 54.6 Å². The number of hydrogen-bond donors (Lipinski definition) is 2. The van der Waals surface area contributed by atoms with Crippen molar-refractivity contribution in [3.63, 3.8) is 0 Å². The fourth-order valence-corrected chi connectivity index (χ4v) is 2.57. The molecule has 4 nitrogen and oxygen atoms in total. The van der Waals surface area contributed by atoms with Gasteiger partial charge in [0.1, 0.15) is 5.41 Å². The molecule has 2 rings (SSSR count). The quantitative estimate of drug-likeness (QED) is 0.558. The predicted octanol–water partition coefficient (Wildman–Crippen LogP) is 3.96. The van der Waals surface area contributed by atoms with E-state index in [4.69, 9.17) is 0 Å². The first-order valence-electron chi connectivity index (χ1n) is 9.16. The average Bonchev–Trinajstić information content (AvgIpc) is 2.66. The highest BCUT2D eigenvalue weighted by Gasteiger charge is 2.35. The van der Waals surface area contributed by atoms with Gasteiger partial charge in [-0.1, -0.05) is 49.4 Å². The van der Waals surface area contributed by atoms with Crippen molar-refractivity contribution in [3.05, 3.63) is 65.7 Å². The maximum atomic E-state index is 12.5. The molecule has 0 bridgehead atoms. The molecule has 0 fully saturated rings. The molecule has 0 aliphatic carbocycles. The Morgan fingerprint density at radius 3 is 2.15 bits per heavy atom. The highest BCUT2D eigenvalue weighted by molar-refractivity contribution is 6.09. The highest BCUT2D eigenvalue weighted by Crippen LogP contribution is 2.19. The summed E-state index contributed by atoms with van der Waals surface area (Å²) in [6.07, 6.45) is 2.69. The predicted molar refractivity (Wildman–Crippen MR) is 106 cm³/mol. The maximum absolute atomic E-state index is 12.5. The van der Waals surface area contributed by atoms with E-state index in [2.05, 4.69) is 29.7 Å². The van der Waals surface area contributed by atoms with Gasteiger partial charge in [0.25, 0.3) is 0 Å².